The Kier molecular flexibility index (Phi) is 3.51. The minimum atomic E-state index is 0. The Morgan fingerprint density at radius 2 is 1.93 bits per heavy atom. The molecule has 0 bridgehead atoms. The zero-order chi connectivity index (χ0) is 9.26. The molecule has 1 atom stereocenters. The standard InChI is InChI=1S/C13H16.CH4/c1-10-7-8-12-5-3-4-6-13(12)9-11(10)2;/h3-6,9-10H,7-8H2,1-2H3;1H4. The topological polar surface area (TPSA) is 0 Å². The maximum absolute atomic E-state index is 2.34. The van der Waals surface area contributed by atoms with E-state index >= 15 is 0 Å². The van der Waals surface area contributed by atoms with Crippen LogP contribution in [0.25, 0.3) is 6.08 Å². The number of hydrogen-bond donors (Lipinski definition) is 0. The second-order valence-corrected chi connectivity index (χ2v) is 4.03. The van der Waals surface area contributed by atoms with Gasteiger partial charge in [-0.3, -0.25) is 0 Å². The molecule has 0 aliphatic heterocycles. The first kappa shape index (κ1) is 11.0. The molecule has 0 N–H and O–H groups in total. The van der Waals surface area contributed by atoms with E-state index in [4.69, 9.17) is 0 Å². The minimum absolute atomic E-state index is 0. The summed E-state index contributed by atoms with van der Waals surface area (Å²) in [5, 5.41) is 0. The van der Waals surface area contributed by atoms with Crippen molar-refractivity contribution in [2.24, 2.45) is 5.92 Å². The van der Waals surface area contributed by atoms with E-state index in [9.17, 15) is 0 Å². The van der Waals surface area contributed by atoms with Crippen molar-refractivity contribution in [1.82, 2.24) is 0 Å². The summed E-state index contributed by atoms with van der Waals surface area (Å²) in [6.07, 6.45) is 4.86. The molecule has 0 nitrogen and oxygen atoms in total. The summed E-state index contributed by atoms with van der Waals surface area (Å²) in [6.45, 7) is 4.56. The van der Waals surface area contributed by atoms with Gasteiger partial charge in [0.1, 0.15) is 0 Å². The second kappa shape index (κ2) is 4.45. The van der Waals surface area contributed by atoms with E-state index in [1.165, 1.54) is 29.5 Å². The minimum Gasteiger partial charge on any atom is -0.0776 e. The molecule has 76 valence electrons. The third kappa shape index (κ3) is 2.06. The monoisotopic (exact) mass is 188 g/mol. The van der Waals surface area contributed by atoms with Gasteiger partial charge in [-0.15, -0.1) is 0 Å². The van der Waals surface area contributed by atoms with Crippen LogP contribution in [0.5, 0.6) is 0 Å². The lowest BCUT2D eigenvalue weighted by atomic mass is 9.98. The van der Waals surface area contributed by atoms with Crippen molar-refractivity contribution in [2.45, 2.75) is 34.1 Å². The van der Waals surface area contributed by atoms with E-state index in [1.54, 1.807) is 0 Å². The van der Waals surface area contributed by atoms with Gasteiger partial charge >= 0.3 is 0 Å². The van der Waals surface area contributed by atoms with Gasteiger partial charge in [0.2, 0.25) is 0 Å². The first-order chi connectivity index (χ1) is 6.27. The van der Waals surface area contributed by atoms with Crippen LogP contribution in [-0.4, -0.2) is 0 Å². The summed E-state index contributed by atoms with van der Waals surface area (Å²) >= 11 is 0. The van der Waals surface area contributed by atoms with Crippen LogP contribution in [0.2, 0.25) is 0 Å². The maximum atomic E-state index is 2.34. The predicted molar refractivity (Wildman–Crippen MR) is 64.3 cm³/mol. The summed E-state index contributed by atoms with van der Waals surface area (Å²) in [5.41, 5.74) is 4.44. The van der Waals surface area contributed by atoms with Gasteiger partial charge < -0.3 is 0 Å². The average molecular weight is 188 g/mol. The Bertz CT molecular complexity index is 334. The highest BCUT2D eigenvalue weighted by molar-refractivity contribution is 5.57. The van der Waals surface area contributed by atoms with Crippen molar-refractivity contribution in [2.75, 3.05) is 0 Å². The molecule has 2 rings (SSSR count). The summed E-state index contributed by atoms with van der Waals surface area (Å²) in [6, 6.07) is 8.73. The number of allylic oxidation sites excluding steroid dienone is 1. The highest BCUT2D eigenvalue weighted by Crippen LogP contribution is 2.26. The van der Waals surface area contributed by atoms with Crippen LogP contribution in [-0.2, 0) is 6.42 Å². The molecule has 0 radical (unpaired) electrons. The Labute approximate surface area is 87.7 Å². The summed E-state index contributed by atoms with van der Waals surface area (Å²) in [7, 11) is 0. The molecule has 0 saturated heterocycles. The quantitative estimate of drug-likeness (QED) is 0.569. The van der Waals surface area contributed by atoms with Crippen LogP contribution >= 0.6 is 0 Å². The summed E-state index contributed by atoms with van der Waals surface area (Å²) < 4.78 is 0. The number of rotatable bonds is 0. The molecule has 1 aromatic rings. The van der Waals surface area contributed by atoms with Gasteiger partial charge in [-0.2, -0.15) is 0 Å². The normalized spacial score (nSPS) is 20.1. The van der Waals surface area contributed by atoms with Crippen LogP contribution in [0.4, 0.5) is 0 Å². The first-order valence-corrected chi connectivity index (χ1v) is 5.03. The Morgan fingerprint density at radius 3 is 2.71 bits per heavy atom. The molecule has 0 fully saturated rings. The lowest BCUT2D eigenvalue weighted by Crippen LogP contribution is -1.95. The molecule has 1 aliphatic rings. The van der Waals surface area contributed by atoms with Crippen molar-refractivity contribution in [3.8, 4) is 0 Å². The highest BCUT2D eigenvalue weighted by Gasteiger charge is 2.11. The molecule has 0 heterocycles. The summed E-state index contributed by atoms with van der Waals surface area (Å²) in [4.78, 5) is 0. The van der Waals surface area contributed by atoms with Gasteiger partial charge in [0.25, 0.3) is 0 Å². The lowest BCUT2D eigenvalue weighted by molar-refractivity contribution is 0.622. The fourth-order valence-electron chi connectivity index (χ4n) is 1.89. The van der Waals surface area contributed by atoms with Crippen molar-refractivity contribution < 1.29 is 0 Å². The SMILES string of the molecule is C.CC1=Cc2ccccc2CCC1C. The average Bonchev–Trinajstić information content (AvgIpc) is 2.28. The fourth-order valence-corrected chi connectivity index (χ4v) is 1.89. The fraction of sp³-hybridized carbons (Fsp3) is 0.429. The Hall–Kier alpha value is -1.04. The van der Waals surface area contributed by atoms with Crippen molar-refractivity contribution in [3.63, 3.8) is 0 Å². The number of aryl methyl sites for hydroxylation is 1. The van der Waals surface area contributed by atoms with E-state index in [0.29, 0.717) is 0 Å². The predicted octanol–water partition coefficient (Wildman–Crippen LogP) is 4.31. The summed E-state index contributed by atoms with van der Waals surface area (Å²) in [5.74, 6) is 0.743. The van der Waals surface area contributed by atoms with Crippen molar-refractivity contribution in [3.05, 3.63) is 41.0 Å². The van der Waals surface area contributed by atoms with Gasteiger partial charge in [0, 0.05) is 0 Å². The van der Waals surface area contributed by atoms with Crippen LogP contribution in [0.15, 0.2) is 29.8 Å². The zero-order valence-electron chi connectivity index (χ0n) is 8.38. The smallest absolute Gasteiger partial charge is 0.0225 e. The lowest BCUT2D eigenvalue weighted by Gasteiger charge is -2.07. The molecule has 1 unspecified atom stereocenters. The van der Waals surface area contributed by atoms with Crippen LogP contribution in [0, 0.1) is 5.92 Å². The Balaban J connectivity index is 0.000000980. The molecule has 0 spiro atoms. The number of hydrogen-bond acceptors (Lipinski definition) is 0. The van der Waals surface area contributed by atoms with Crippen LogP contribution in [0.1, 0.15) is 38.8 Å². The molecule has 0 heteroatoms. The highest BCUT2D eigenvalue weighted by atomic mass is 14.2. The third-order valence-electron chi connectivity index (χ3n) is 3.06. The van der Waals surface area contributed by atoms with Gasteiger partial charge in [-0.25, -0.2) is 0 Å². The van der Waals surface area contributed by atoms with Crippen LogP contribution < -0.4 is 0 Å². The van der Waals surface area contributed by atoms with Crippen LogP contribution in [0.3, 0.4) is 0 Å². The second-order valence-electron chi connectivity index (χ2n) is 4.03. The zero-order valence-corrected chi connectivity index (χ0v) is 8.38. The van der Waals surface area contributed by atoms with Gasteiger partial charge in [-0.1, -0.05) is 50.3 Å². The Morgan fingerprint density at radius 1 is 1.21 bits per heavy atom. The molecule has 1 aromatic carbocycles. The van der Waals surface area contributed by atoms with Crippen molar-refractivity contribution >= 4 is 6.08 Å². The van der Waals surface area contributed by atoms with E-state index in [1.807, 2.05) is 0 Å². The van der Waals surface area contributed by atoms with Gasteiger partial charge in [0.05, 0.1) is 0 Å². The molecular formula is C14H20. The molecule has 0 saturated carbocycles. The maximum Gasteiger partial charge on any atom is -0.0225 e. The van der Waals surface area contributed by atoms with E-state index < -0.39 is 0 Å². The van der Waals surface area contributed by atoms with Crippen molar-refractivity contribution in [1.29, 1.82) is 0 Å². The molecule has 1 aliphatic carbocycles. The van der Waals surface area contributed by atoms with Gasteiger partial charge in [0.15, 0.2) is 0 Å². The third-order valence-corrected chi connectivity index (χ3v) is 3.06. The van der Waals surface area contributed by atoms with Gasteiger partial charge in [-0.05, 0) is 36.8 Å². The molecule has 14 heavy (non-hydrogen) atoms. The van der Waals surface area contributed by atoms with E-state index in [0.717, 1.165) is 5.92 Å². The molecule has 0 aromatic heterocycles. The first-order valence-electron chi connectivity index (χ1n) is 5.03. The number of fused-ring (bicyclic) bond motifs is 1. The number of benzene rings is 1. The molecular weight excluding hydrogens is 168 g/mol. The van der Waals surface area contributed by atoms with E-state index in [2.05, 4.69) is 44.2 Å². The van der Waals surface area contributed by atoms with E-state index in [-0.39, 0.29) is 7.43 Å². The molecule has 0 amide bonds. The largest absolute Gasteiger partial charge is 0.0776 e.